The molecule has 0 aromatic rings. The molecule has 0 aromatic carbocycles. The fourth-order valence-corrected chi connectivity index (χ4v) is 3.15. The van der Waals surface area contributed by atoms with E-state index in [-0.39, 0.29) is 5.04 Å². The summed E-state index contributed by atoms with van der Waals surface area (Å²) in [5.74, 6) is 0. The van der Waals surface area contributed by atoms with Gasteiger partial charge in [0.2, 0.25) is 0 Å². The molecule has 0 rings (SSSR count). The van der Waals surface area contributed by atoms with Crippen LogP contribution in [-0.4, -0.2) is 22.5 Å². The predicted molar refractivity (Wildman–Crippen MR) is 73.1 cm³/mol. The fraction of sp³-hybridized carbons (Fsp3) is 0.846. The number of unbranched alkanes of at least 4 members (excludes halogenated alkanes) is 2. The maximum atomic E-state index is 5.93. The van der Waals surface area contributed by atoms with Gasteiger partial charge in [-0.1, -0.05) is 46.6 Å². The lowest BCUT2D eigenvalue weighted by molar-refractivity contribution is 0.177. The quantitative estimate of drug-likeness (QED) is 0.330. The smallest absolute Gasteiger partial charge is 0.331 e. The Hall–Kier alpha value is -0.123. The van der Waals surface area contributed by atoms with Crippen LogP contribution in [0.3, 0.4) is 0 Å². The van der Waals surface area contributed by atoms with Crippen LogP contribution in [0, 0.1) is 0 Å². The minimum Gasteiger partial charge on any atom is -0.396 e. The highest BCUT2D eigenvalue weighted by molar-refractivity contribution is 6.49. The molecule has 2 nitrogen and oxygen atoms in total. The summed E-state index contributed by atoms with van der Waals surface area (Å²) in [5, 5.41) is 0.0154. The Kier molecular flexibility index (Phi) is 8.90. The zero-order valence-corrected chi connectivity index (χ0v) is 12.6. The van der Waals surface area contributed by atoms with E-state index in [2.05, 4.69) is 34.3 Å². The standard InChI is InChI=1S/C13H28O2Si/c1-6-9-11-14-16(13(4,5)8-3)15-12-10-7-2/h8,16H,3,6-7,9-12H2,1-2,4-5H3. The molecular formula is C13H28O2Si. The first-order chi connectivity index (χ1) is 7.58. The van der Waals surface area contributed by atoms with Gasteiger partial charge in [-0.25, -0.2) is 0 Å². The lowest BCUT2D eigenvalue weighted by atomic mass is 10.2. The summed E-state index contributed by atoms with van der Waals surface area (Å²) in [6, 6.07) is 0. The van der Waals surface area contributed by atoms with Crippen LogP contribution in [0.5, 0.6) is 0 Å². The maximum absolute atomic E-state index is 5.93. The maximum Gasteiger partial charge on any atom is 0.331 e. The van der Waals surface area contributed by atoms with Crippen molar-refractivity contribution in [1.29, 1.82) is 0 Å². The molecule has 0 aromatic heterocycles. The summed E-state index contributed by atoms with van der Waals surface area (Å²) in [5.41, 5.74) is 0. The van der Waals surface area contributed by atoms with E-state index in [9.17, 15) is 0 Å². The molecule has 0 aliphatic rings. The first-order valence-corrected chi connectivity index (χ1v) is 7.97. The second-order valence-electron chi connectivity index (χ2n) is 4.81. The monoisotopic (exact) mass is 244 g/mol. The second-order valence-corrected chi connectivity index (χ2v) is 7.62. The van der Waals surface area contributed by atoms with Crippen molar-refractivity contribution in [1.82, 2.24) is 0 Å². The van der Waals surface area contributed by atoms with E-state index in [0.717, 1.165) is 26.1 Å². The molecule has 3 heteroatoms. The van der Waals surface area contributed by atoms with E-state index in [0.29, 0.717) is 0 Å². The van der Waals surface area contributed by atoms with Crippen LogP contribution in [0.4, 0.5) is 0 Å². The summed E-state index contributed by atoms with van der Waals surface area (Å²) in [7, 11) is -1.62. The molecule has 0 aliphatic carbocycles. The number of allylic oxidation sites excluding steroid dienone is 1. The van der Waals surface area contributed by atoms with Gasteiger partial charge in [0.25, 0.3) is 0 Å². The molecule has 0 N–H and O–H groups in total. The average molecular weight is 244 g/mol. The fourth-order valence-electron chi connectivity index (χ4n) is 1.24. The molecule has 0 fully saturated rings. The molecule has 16 heavy (non-hydrogen) atoms. The van der Waals surface area contributed by atoms with Gasteiger partial charge in [0.15, 0.2) is 0 Å². The number of hydrogen-bond acceptors (Lipinski definition) is 2. The Balaban J connectivity index is 4.10. The van der Waals surface area contributed by atoms with Gasteiger partial charge in [0.1, 0.15) is 0 Å². The summed E-state index contributed by atoms with van der Waals surface area (Å²) in [6.07, 6.45) is 6.55. The first kappa shape index (κ1) is 15.9. The number of rotatable bonds is 10. The van der Waals surface area contributed by atoms with Crippen LogP contribution in [0.25, 0.3) is 0 Å². The third-order valence-corrected chi connectivity index (χ3v) is 5.20. The molecule has 0 aliphatic heterocycles. The zero-order chi connectivity index (χ0) is 12.4. The Morgan fingerprint density at radius 3 is 1.81 bits per heavy atom. The SMILES string of the molecule is C=CC(C)(C)[SiH](OCCCC)OCCCC. The van der Waals surface area contributed by atoms with Gasteiger partial charge in [0.05, 0.1) is 0 Å². The van der Waals surface area contributed by atoms with Crippen LogP contribution in [-0.2, 0) is 8.85 Å². The summed E-state index contributed by atoms with van der Waals surface area (Å²) < 4.78 is 11.9. The van der Waals surface area contributed by atoms with E-state index >= 15 is 0 Å². The van der Waals surface area contributed by atoms with Crippen molar-refractivity contribution in [3.63, 3.8) is 0 Å². The van der Waals surface area contributed by atoms with Crippen molar-refractivity contribution in [3.05, 3.63) is 12.7 Å². The van der Waals surface area contributed by atoms with E-state index in [1.807, 2.05) is 6.08 Å². The normalized spacial score (nSPS) is 12.1. The largest absolute Gasteiger partial charge is 0.396 e. The lowest BCUT2D eigenvalue weighted by Gasteiger charge is -2.29. The molecule has 0 bridgehead atoms. The minimum atomic E-state index is -1.62. The topological polar surface area (TPSA) is 18.5 Å². The minimum absolute atomic E-state index is 0.0154. The van der Waals surface area contributed by atoms with Crippen molar-refractivity contribution in [2.45, 2.75) is 58.4 Å². The van der Waals surface area contributed by atoms with Crippen LogP contribution in [0.1, 0.15) is 53.4 Å². The van der Waals surface area contributed by atoms with Gasteiger partial charge < -0.3 is 8.85 Å². The molecule has 96 valence electrons. The third kappa shape index (κ3) is 6.46. The Morgan fingerprint density at radius 2 is 1.50 bits per heavy atom. The van der Waals surface area contributed by atoms with Crippen LogP contribution < -0.4 is 0 Å². The van der Waals surface area contributed by atoms with E-state index in [1.54, 1.807) is 0 Å². The van der Waals surface area contributed by atoms with Gasteiger partial charge in [0, 0.05) is 18.3 Å². The van der Waals surface area contributed by atoms with Gasteiger partial charge in [-0.3, -0.25) is 0 Å². The molecule has 0 saturated heterocycles. The second kappa shape index (κ2) is 8.96. The molecule has 0 spiro atoms. The van der Waals surface area contributed by atoms with Crippen LogP contribution in [0.2, 0.25) is 5.04 Å². The number of hydrogen-bond donors (Lipinski definition) is 0. The van der Waals surface area contributed by atoms with Gasteiger partial charge in [-0.2, -0.15) is 0 Å². The van der Waals surface area contributed by atoms with Crippen molar-refractivity contribution >= 4 is 9.28 Å². The summed E-state index contributed by atoms with van der Waals surface area (Å²) in [6.45, 7) is 14.2. The summed E-state index contributed by atoms with van der Waals surface area (Å²) in [4.78, 5) is 0. The molecular weight excluding hydrogens is 216 g/mol. The van der Waals surface area contributed by atoms with Crippen molar-refractivity contribution in [2.75, 3.05) is 13.2 Å². The van der Waals surface area contributed by atoms with Crippen molar-refractivity contribution in [2.24, 2.45) is 0 Å². The molecule has 0 saturated carbocycles. The van der Waals surface area contributed by atoms with Crippen molar-refractivity contribution < 1.29 is 8.85 Å². The Morgan fingerprint density at radius 1 is 1.06 bits per heavy atom. The lowest BCUT2D eigenvalue weighted by Crippen LogP contribution is -2.34. The predicted octanol–water partition coefficient (Wildman–Crippen LogP) is 3.81. The highest BCUT2D eigenvalue weighted by Gasteiger charge is 2.31. The highest BCUT2D eigenvalue weighted by atomic mass is 28.3. The first-order valence-electron chi connectivity index (χ1n) is 6.45. The average Bonchev–Trinajstić information content (AvgIpc) is 2.27. The summed E-state index contributed by atoms with van der Waals surface area (Å²) >= 11 is 0. The van der Waals surface area contributed by atoms with Crippen LogP contribution >= 0.6 is 0 Å². The van der Waals surface area contributed by atoms with Crippen LogP contribution in [0.15, 0.2) is 12.7 Å². The molecule has 0 atom stereocenters. The Bertz CT molecular complexity index is 171. The van der Waals surface area contributed by atoms with E-state index in [4.69, 9.17) is 8.85 Å². The molecule has 0 amide bonds. The molecule has 0 unspecified atom stereocenters. The molecule has 0 radical (unpaired) electrons. The van der Waals surface area contributed by atoms with Crippen molar-refractivity contribution in [3.8, 4) is 0 Å². The molecule has 0 heterocycles. The van der Waals surface area contributed by atoms with E-state index < -0.39 is 9.28 Å². The van der Waals surface area contributed by atoms with Gasteiger partial charge >= 0.3 is 9.28 Å². The van der Waals surface area contributed by atoms with Gasteiger partial charge in [-0.15, -0.1) is 6.58 Å². The van der Waals surface area contributed by atoms with E-state index in [1.165, 1.54) is 12.8 Å². The third-order valence-electron chi connectivity index (χ3n) is 2.67. The van der Waals surface area contributed by atoms with Gasteiger partial charge in [-0.05, 0) is 12.8 Å². The highest BCUT2D eigenvalue weighted by Crippen LogP contribution is 2.30. The zero-order valence-electron chi connectivity index (χ0n) is 11.4. The Labute approximate surface area is 103 Å².